The third-order valence-electron chi connectivity index (χ3n) is 4.76. The molecule has 0 bridgehead atoms. The predicted molar refractivity (Wildman–Crippen MR) is 106 cm³/mol. The van der Waals surface area contributed by atoms with Crippen molar-refractivity contribution in [3.8, 4) is 0 Å². The average Bonchev–Trinajstić information content (AvgIpc) is 3.04. The van der Waals surface area contributed by atoms with Crippen molar-refractivity contribution in [3.63, 3.8) is 0 Å². The van der Waals surface area contributed by atoms with Gasteiger partial charge in [0.2, 0.25) is 5.95 Å². The monoisotopic (exact) mass is 388 g/mol. The largest absolute Gasteiger partial charge is 0.337 e. The van der Waals surface area contributed by atoms with Gasteiger partial charge in [0.15, 0.2) is 9.84 Å². The maximum Gasteiger partial charge on any atom is 0.261 e. The van der Waals surface area contributed by atoms with Gasteiger partial charge < -0.3 is 9.80 Å². The summed E-state index contributed by atoms with van der Waals surface area (Å²) in [5.74, 6) is 0.621. The molecule has 1 fully saturated rings. The highest BCUT2D eigenvalue weighted by molar-refractivity contribution is 7.91. The summed E-state index contributed by atoms with van der Waals surface area (Å²) >= 11 is 0. The number of carbonyl (C=O) groups is 1. The van der Waals surface area contributed by atoms with Crippen LogP contribution >= 0.6 is 0 Å². The Morgan fingerprint density at radius 2 is 1.78 bits per heavy atom. The fourth-order valence-electron chi connectivity index (χ4n) is 3.37. The van der Waals surface area contributed by atoms with Gasteiger partial charge in [-0.2, -0.15) is 0 Å². The normalized spacial score (nSPS) is 18.2. The van der Waals surface area contributed by atoms with Gasteiger partial charge in [0.25, 0.3) is 5.91 Å². The lowest BCUT2D eigenvalue weighted by Crippen LogP contribution is -2.37. The van der Waals surface area contributed by atoms with E-state index in [-0.39, 0.29) is 23.5 Å². The van der Waals surface area contributed by atoms with Crippen molar-refractivity contribution in [3.05, 3.63) is 48.3 Å². The Kier molecular flexibility index (Phi) is 5.74. The third kappa shape index (κ3) is 4.27. The van der Waals surface area contributed by atoms with E-state index < -0.39 is 9.84 Å². The second-order valence-corrected chi connectivity index (χ2v) is 8.73. The molecule has 1 amide bonds. The van der Waals surface area contributed by atoms with Gasteiger partial charge in [0.1, 0.15) is 0 Å². The van der Waals surface area contributed by atoms with Crippen LogP contribution in [0.3, 0.4) is 0 Å². The molecule has 1 saturated heterocycles. The number of amides is 1. The smallest absolute Gasteiger partial charge is 0.261 e. The Labute approximate surface area is 160 Å². The lowest BCUT2D eigenvalue weighted by atomic mass is 10.2. The SMILES string of the molecule is CCN(C(=O)c1cnc(N(CC)C2CCS(=O)(=O)C2)nc1)c1ccccc1. The Hall–Kier alpha value is -2.48. The molecule has 1 aliphatic heterocycles. The quantitative estimate of drug-likeness (QED) is 0.754. The van der Waals surface area contributed by atoms with Crippen LogP contribution in [-0.4, -0.2) is 54.9 Å². The average molecular weight is 388 g/mol. The second-order valence-electron chi connectivity index (χ2n) is 6.50. The van der Waals surface area contributed by atoms with E-state index in [2.05, 4.69) is 9.97 Å². The summed E-state index contributed by atoms with van der Waals surface area (Å²) in [5.41, 5.74) is 1.22. The van der Waals surface area contributed by atoms with E-state index in [9.17, 15) is 13.2 Å². The maximum absolute atomic E-state index is 12.8. The van der Waals surface area contributed by atoms with Crippen LogP contribution in [0.25, 0.3) is 0 Å². The van der Waals surface area contributed by atoms with E-state index in [0.29, 0.717) is 31.0 Å². The van der Waals surface area contributed by atoms with Gasteiger partial charge >= 0.3 is 0 Å². The lowest BCUT2D eigenvalue weighted by molar-refractivity contribution is 0.0987. The number of hydrogen-bond acceptors (Lipinski definition) is 6. The first-order valence-corrected chi connectivity index (χ1v) is 10.9. The Balaban J connectivity index is 1.79. The molecule has 0 aliphatic carbocycles. The van der Waals surface area contributed by atoms with Crippen molar-refractivity contribution in [2.75, 3.05) is 34.4 Å². The molecule has 1 aliphatic rings. The topological polar surface area (TPSA) is 83.5 Å². The van der Waals surface area contributed by atoms with Crippen LogP contribution in [0.2, 0.25) is 0 Å². The molecule has 3 rings (SSSR count). The molecule has 7 nitrogen and oxygen atoms in total. The second kappa shape index (κ2) is 8.04. The van der Waals surface area contributed by atoms with Crippen molar-refractivity contribution in [2.24, 2.45) is 0 Å². The number of aromatic nitrogens is 2. The number of rotatable bonds is 6. The fraction of sp³-hybridized carbons (Fsp3) is 0.421. The van der Waals surface area contributed by atoms with E-state index in [1.807, 2.05) is 49.1 Å². The predicted octanol–water partition coefficient (Wildman–Crippen LogP) is 2.16. The molecule has 0 saturated carbocycles. The molecule has 2 heterocycles. The van der Waals surface area contributed by atoms with Crippen molar-refractivity contribution >= 4 is 27.4 Å². The number of sulfone groups is 1. The number of carbonyl (C=O) groups excluding carboxylic acids is 1. The van der Waals surface area contributed by atoms with Gasteiger partial charge in [-0.1, -0.05) is 18.2 Å². The minimum atomic E-state index is -2.98. The van der Waals surface area contributed by atoms with Crippen LogP contribution < -0.4 is 9.80 Å². The van der Waals surface area contributed by atoms with E-state index in [1.54, 1.807) is 4.90 Å². The van der Waals surface area contributed by atoms with E-state index >= 15 is 0 Å². The maximum atomic E-state index is 12.8. The zero-order valence-corrected chi connectivity index (χ0v) is 16.4. The van der Waals surface area contributed by atoms with Gasteiger partial charge in [-0.05, 0) is 32.4 Å². The highest BCUT2D eigenvalue weighted by Crippen LogP contribution is 2.22. The van der Waals surface area contributed by atoms with Crippen molar-refractivity contribution < 1.29 is 13.2 Å². The van der Waals surface area contributed by atoms with Gasteiger partial charge in [-0.15, -0.1) is 0 Å². The summed E-state index contributed by atoms with van der Waals surface area (Å²) in [5, 5.41) is 0. The van der Waals surface area contributed by atoms with Crippen LogP contribution in [0.5, 0.6) is 0 Å². The standard InChI is InChI=1S/C19H24N4O3S/c1-3-22(16-8-6-5-7-9-16)18(24)15-12-20-19(21-13-15)23(4-2)17-10-11-27(25,26)14-17/h5-9,12-13,17H,3-4,10-11,14H2,1-2H3. The molecule has 1 aromatic heterocycles. The third-order valence-corrected chi connectivity index (χ3v) is 6.51. The molecular formula is C19H24N4O3S. The van der Waals surface area contributed by atoms with Crippen molar-refractivity contribution in [2.45, 2.75) is 26.3 Å². The van der Waals surface area contributed by atoms with Crippen molar-refractivity contribution in [1.82, 2.24) is 9.97 Å². The molecule has 1 aromatic carbocycles. The molecule has 0 N–H and O–H groups in total. The van der Waals surface area contributed by atoms with Gasteiger partial charge in [0, 0.05) is 37.2 Å². The molecule has 2 aromatic rings. The van der Waals surface area contributed by atoms with E-state index in [4.69, 9.17) is 0 Å². The lowest BCUT2D eigenvalue weighted by Gasteiger charge is -2.27. The first-order chi connectivity index (χ1) is 12.9. The summed E-state index contributed by atoms with van der Waals surface area (Å²) in [6.45, 7) is 5.01. The number of hydrogen-bond donors (Lipinski definition) is 0. The van der Waals surface area contributed by atoms with Crippen LogP contribution in [0.1, 0.15) is 30.6 Å². The first kappa shape index (κ1) is 19.3. The summed E-state index contributed by atoms with van der Waals surface area (Å²) in [7, 11) is -2.98. The van der Waals surface area contributed by atoms with Crippen LogP contribution in [0.15, 0.2) is 42.7 Å². The highest BCUT2D eigenvalue weighted by Gasteiger charge is 2.33. The molecule has 144 valence electrons. The zero-order chi connectivity index (χ0) is 19.4. The Morgan fingerprint density at radius 1 is 1.11 bits per heavy atom. The van der Waals surface area contributed by atoms with E-state index in [1.165, 1.54) is 12.4 Å². The van der Waals surface area contributed by atoms with Gasteiger partial charge in [0.05, 0.1) is 17.1 Å². The van der Waals surface area contributed by atoms with Gasteiger partial charge in [-0.3, -0.25) is 4.79 Å². The fourth-order valence-corrected chi connectivity index (χ4v) is 5.10. The molecule has 1 unspecified atom stereocenters. The number of benzene rings is 1. The highest BCUT2D eigenvalue weighted by atomic mass is 32.2. The molecule has 0 spiro atoms. The first-order valence-electron chi connectivity index (χ1n) is 9.11. The summed E-state index contributed by atoms with van der Waals surface area (Å²) < 4.78 is 23.5. The van der Waals surface area contributed by atoms with E-state index in [0.717, 1.165) is 5.69 Å². The van der Waals surface area contributed by atoms with Crippen molar-refractivity contribution in [1.29, 1.82) is 0 Å². The summed E-state index contributed by atoms with van der Waals surface area (Å²) in [6, 6.07) is 9.34. The minimum Gasteiger partial charge on any atom is -0.337 e. The van der Waals surface area contributed by atoms with Crippen LogP contribution in [0.4, 0.5) is 11.6 Å². The summed E-state index contributed by atoms with van der Waals surface area (Å²) in [4.78, 5) is 25.1. The molecule has 1 atom stereocenters. The summed E-state index contributed by atoms with van der Waals surface area (Å²) in [6.07, 6.45) is 3.61. The zero-order valence-electron chi connectivity index (χ0n) is 15.6. The molecule has 8 heteroatoms. The van der Waals surface area contributed by atoms with Gasteiger partial charge in [-0.25, -0.2) is 18.4 Å². The van der Waals surface area contributed by atoms with Crippen LogP contribution in [-0.2, 0) is 9.84 Å². The minimum absolute atomic E-state index is 0.113. The Morgan fingerprint density at radius 3 is 2.30 bits per heavy atom. The number of anilines is 2. The molecule has 27 heavy (non-hydrogen) atoms. The van der Waals surface area contributed by atoms with Crippen LogP contribution in [0, 0.1) is 0 Å². The Bertz CT molecular complexity index is 885. The molecule has 0 radical (unpaired) electrons. The molecular weight excluding hydrogens is 364 g/mol. The number of nitrogens with zero attached hydrogens (tertiary/aromatic N) is 4. The number of para-hydroxylation sites is 1.